The Kier molecular flexibility index (Phi) is 15.5. The molecule has 1 aromatic heterocycles. The second kappa shape index (κ2) is 18.5. The van der Waals surface area contributed by atoms with E-state index in [1.54, 1.807) is 18.3 Å². The van der Waals surface area contributed by atoms with Crippen LogP contribution >= 0.6 is 0 Å². The van der Waals surface area contributed by atoms with Crippen molar-refractivity contribution in [1.29, 1.82) is 0 Å². The third-order valence-corrected chi connectivity index (χ3v) is 8.57. The van der Waals surface area contributed by atoms with Gasteiger partial charge in [-0.25, -0.2) is 4.79 Å². The van der Waals surface area contributed by atoms with Crippen LogP contribution in [-0.4, -0.2) is 76.3 Å². The number of amides is 5. The molecule has 50 heavy (non-hydrogen) atoms. The number of ketones is 1. The lowest BCUT2D eigenvalue weighted by Crippen LogP contribution is -2.61. The van der Waals surface area contributed by atoms with Crippen LogP contribution in [0.25, 0.3) is 0 Å². The Bertz CT molecular complexity index is 1520. The molecular weight excluding hydrogens is 636 g/mol. The highest BCUT2D eigenvalue weighted by atomic mass is 16.2. The number of nitrogens with one attached hydrogen (secondary N) is 4. The zero-order valence-electron chi connectivity index (χ0n) is 31.4. The lowest BCUT2D eigenvalue weighted by atomic mass is 9.85. The molecule has 1 saturated heterocycles. The van der Waals surface area contributed by atoms with Crippen molar-refractivity contribution >= 4 is 29.5 Å². The van der Waals surface area contributed by atoms with E-state index in [9.17, 15) is 28.8 Å². The van der Waals surface area contributed by atoms with Crippen LogP contribution in [0.5, 0.6) is 0 Å². The van der Waals surface area contributed by atoms with Gasteiger partial charge in [0.1, 0.15) is 12.1 Å². The molecule has 4 N–H and O–H groups in total. The van der Waals surface area contributed by atoms with Crippen molar-refractivity contribution in [3.63, 3.8) is 0 Å². The number of pyridine rings is 1. The average molecular weight is 695 g/mol. The van der Waals surface area contributed by atoms with Crippen LogP contribution in [0.4, 0.5) is 4.79 Å². The van der Waals surface area contributed by atoms with E-state index in [1.807, 2.05) is 62.3 Å². The molecule has 1 unspecified atom stereocenters. The fraction of sp³-hybridized carbons (Fsp3) is 0.605. The molecule has 0 spiro atoms. The first kappa shape index (κ1) is 41.7. The van der Waals surface area contributed by atoms with Gasteiger partial charge < -0.3 is 30.7 Å². The fourth-order valence-corrected chi connectivity index (χ4v) is 5.67. The minimum Gasteiger partial charge on any atom is -0.346 e. The summed E-state index contributed by atoms with van der Waals surface area (Å²) in [7, 11) is 0. The summed E-state index contributed by atoms with van der Waals surface area (Å²) < 4.78 is 1.52. The summed E-state index contributed by atoms with van der Waals surface area (Å²) in [6.07, 6.45) is 5.90. The molecule has 5 amide bonds. The molecule has 12 heteroatoms. The molecule has 1 aliphatic heterocycles. The first-order chi connectivity index (χ1) is 23.3. The maximum absolute atomic E-state index is 14.4. The number of Topliss-reactive ketones (excluding diaryl/α,β-unsaturated/α-hetero) is 1. The van der Waals surface area contributed by atoms with E-state index in [0.717, 1.165) is 24.0 Å². The Morgan fingerprint density at radius 2 is 1.68 bits per heavy atom. The number of aromatic nitrogens is 1. The predicted molar refractivity (Wildman–Crippen MR) is 195 cm³/mol. The quantitative estimate of drug-likeness (QED) is 0.0941. The minimum absolute atomic E-state index is 0.105. The summed E-state index contributed by atoms with van der Waals surface area (Å²) in [5, 5.41) is 11.1. The van der Waals surface area contributed by atoms with Crippen molar-refractivity contribution < 1.29 is 24.0 Å². The van der Waals surface area contributed by atoms with E-state index in [-0.39, 0.29) is 38.0 Å². The van der Waals surface area contributed by atoms with Crippen LogP contribution in [0, 0.1) is 10.8 Å². The average Bonchev–Trinajstić information content (AvgIpc) is 3.44. The van der Waals surface area contributed by atoms with Gasteiger partial charge in [0.05, 0.1) is 18.6 Å². The van der Waals surface area contributed by atoms with Gasteiger partial charge in [0.2, 0.25) is 17.6 Å². The molecule has 276 valence electrons. The van der Waals surface area contributed by atoms with Crippen molar-refractivity contribution in [3.8, 4) is 0 Å². The van der Waals surface area contributed by atoms with E-state index < -0.39 is 64.5 Å². The molecular formula is C38H58N6O6. The number of carbonyl (C=O) groups excluding carboxylic acids is 5. The normalized spacial score (nSPS) is 16.4. The highest BCUT2D eigenvalue weighted by Gasteiger charge is 2.44. The topological polar surface area (TPSA) is 159 Å². The van der Waals surface area contributed by atoms with Crippen LogP contribution in [0.2, 0.25) is 0 Å². The van der Waals surface area contributed by atoms with E-state index in [0.29, 0.717) is 6.42 Å². The molecule has 0 radical (unpaired) electrons. The Morgan fingerprint density at radius 1 is 1.00 bits per heavy atom. The SMILES string of the molecule is C=CCNC(=O)C(=O)C(CCCCC)NC(=O)[C@@H]1CC(=C=C(C)C)CN1C(=O)[C@@H](NC(=O)N[C@H](Cn1ccccc1=O)C(C)(C)C)C(C)(C)C. The molecule has 2 rings (SSSR count). The Morgan fingerprint density at radius 3 is 2.24 bits per heavy atom. The van der Waals surface area contributed by atoms with Crippen molar-refractivity contribution in [2.45, 2.75) is 125 Å². The minimum atomic E-state index is -1.07. The summed E-state index contributed by atoms with van der Waals surface area (Å²) in [5.41, 5.74) is 3.44. The van der Waals surface area contributed by atoms with Crippen molar-refractivity contribution in [1.82, 2.24) is 30.7 Å². The molecule has 0 aliphatic carbocycles. The van der Waals surface area contributed by atoms with Gasteiger partial charge in [-0.1, -0.05) is 79.9 Å². The molecule has 2 heterocycles. The highest BCUT2D eigenvalue weighted by Crippen LogP contribution is 2.29. The summed E-state index contributed by atoms with van der Waals surface area (Å²) >= 11 is 0. The summed E-state index contributed by atoms with van der Waals surface area (Å²) in [6.45, 7) is 21.1. The molecule has 12 nitrogen and oxygen atoms in total. The molecule has 4 atom stereocenters. The Labute approximate surface area is 297 Å². The summed E-state index contributed by atoms with van der Waals surface area (Å²) in [6, 6.07) is 0.685. The molecule has 0 bridgehead atoms. The number of rotatable bonds is 15. The van der Waals surface area contributed by atoms with E-state index in [1.165, 1.54) is 21.6 Å². The second-order valence-corrected chi connectivity index (χ2v) is 15.4. The third kappa shape index (κ3) is 12.5. The summed E-state index contributed by atoms with van der Waals surface area (Å²) in [5.74, 6) is -2.61. The smallest absolute Gasteiger partial charge is 0.315 e. The molecule has 0 saturated carbocycles. The fourth-order valence-electron chi connectivity index (χ4n) is 5.67. The monoisotopic (exact) mass is 694 g/mol. The number of likely N-dealkylation sites (tertiary alicyclic amines) is 1. The molecule has 0 aromatic carbocycles. The van der Waals surface area contributed by atoms with E-state index in [4.69, 9.17) is 0 Å². The van der Waals surface area contributed by atoms with Gasteiger partial charge in [0.15, 0.2) is 0 Å². The zero-order valence-corrected chi connectivity index (χ0v) is 31.4. The first-order valence-electron chi connectivity index (χ1n) is 17.5. The third-order valence-electron chi connectivity index (χ3n) is 8.57. The van der Waals surface area contributed by atoms with Crippen molar-refractivity contribution in [2.24, 2.45) is 10.8 Å². The van der Waals surface area contributed by atoms with E-state index >= 15 is 0 Å². The van der Waals surface area contributed by atoms with E-state index in [2.05, 4.69) is 33.6 Å². The van der Waals surface area contributed by atoms with Crippen molar-refractivity contribution in [2.75, 3.05) is 13.1 Å². The largest absolute Gasteiger partial charge is 0.346 e. The van der Waals surface area contributed by atoms with Gasteiger partial charge in [0.25, 0.3) is 11.5 Å². The summed E-state index contributed by atoms with van der Waals surface area (Å²) in [4.78, 5) is 81.5. The molecule has 1 fully saturated rings. The number of urea groups is 1. The van der Waals surface area contributed by atoms with Gasteiger partial charge in [-0.15, -0.1) is 12.3 Å². The van der Waals surface area contributed by atoms with Gasteiger partial charge in [0, 0.05) is 31.8 Å². The van der Waals surface area contributed by atoms with Gasteiger partial charge in [-0.2, -0.15) is 0 Å². The van der Waals surface area contributed by atoms with Gasteiger partial charge in [-0.05, 0) is 48.3 Å². The zero-order chi connectivity index (χ0) is 37.8. The molecule has 1 aliphatic rings. The highest BCUT2D eigenvalue weighted by molar-refractivity contribution is 6.38. The maximum Gasteiger partial charge on any atom is 0.315 e. The maximum atomic E-state index is 14.4. The number of hydrogen-bond donors (Lipinski definition) is 4. The van der Waals surface area contributed by atoms with Gasteiger partial charge in [-0.3, -0.25) is 24.0 Å². The van der Waals surface area contributed by atoms with Gasteiger partial charge >= 0.3 is 6.03 Å². The second-order valence-electron chi connectivity index (χ2n) is 15.4. The Balaban J connectivity index is 2.40. The predicted octanol–water partition coefficient (Wildman–Crippen LogP) is 4.01. The van der Waals surface area contributed by atoms with Crippen LogP contribution in [0.1, 0.15) is 94.4 Å². The number of carbonyl (C=O) groups is 5. The number of nitrogens with zero attached hydrogens (tertiary/aromatic N) is 2. The van der Waals surface area contributed by atoms with Crippen LogP contribution < -0.4 is 26.8 Å². The lowest BCUT2D eigenvalue weighted by molar-refractivity contribution is -0.143. The number of unbranched alkanes of at least 4 members (excludes halogenated alkanes) is 2. The lowest BCUT2D eigenvalue weighted by Gasteiger charge is -2.37. The Hall–Kier alpha value is -4.44. The van der Waals surface area contributed by atoms with Crippen LogP contribution in [-0.2, 0) is 25.7 Å². The first-order valence-corrected chi connectivity index (χ1v) is 17.5. The standard InChI is InChI=1S/C38H58N6O6/c1-11-13-14-17-27(31(46)34(48)39-19-12-2)40-33(47)28-22-26(21-25(3)4)23-44(28)35(49)32(38(8,9)10)42-36(50)41-29(37(5,6)7)24-43-20-16-15-18-30(43)45/h12,15-16,18,20,27-29,32H,2,11,13-14,17,19,22-24H2,1,3-10H3,(H,39,48)(H,40,47)(H2,41,42,50)/t27?,28-,29+,32+/m0/s1. The van der Waals surface area contributed by atoms with Crippen LogP contribution in [0.15, 0.2) is 58.7 Å². The number of hydrogen-bond acceptors (Lipinski definition) is 6. The molecule has 1 aromatic rings. The van der Waals surface area contributed by atoms with Crippen molar-refractivity contribution in [3.05, 3.63) is 64.3 Å². The van der Waals surface area contributed by atoms with Crippen LogP contribution in [0.3, 0.4) is 0 Å².